The Bertz CT molecular complexity index is 459. The standard InChI is InChI=1S/C13H17N5O/c14-9-11-1-2-12(17-10-11)13(19)16-5-8-18-6-3-15-4-7-18/h1-2,10,15H,3-8H2,(H,16,19). The molecule has 0 radical (unpaired) electrons. The summed E-state index contributed by atoms with van der Waals surface area (Å²) in [7, 11) is 0. The van der Waals surface area contributed by atoms with Crippen LogP contribution in [0.25, 0.3) is 0 Å². The SMILES string of the molecule is N#Cc1ccc(C(=O)NCCN2CCNCC2)nc1. The zero-order valence-electron chi connectivity index (χ0n) is 10.7. The molecule has 6 nitrogen and oxygen atoms in total. The van der Waals surface area contributed by atoms with Gasteiger partial charge >= 0.3 is 0 Å². The molecule has 0 aromatic carbocycles. The second kappa shape index (κ2) is 6.83. The molecule has 2 rings (SSSR count). The molecule has 2 N–H and O–H groups in total. The average molecular weight is 259 g/mol. The smallest absolute Gasteiger partial charge is 0.269 e. The van der Waals surface area contributed by atoms with Crippen LogP contribution < -0.4 is 10.6 Å². The van der Waals surface area contributed by atoms with Crippen LogP contribution in [0.4, 0.5) is 0 Å². The normalized spacial score (nSPS) is 15.7. The van der Waals surface area contributed by atoms with Crippen LogP contribution in [0.5, 0.6) is 0 Å². The van der Waals surface area contributed by atoms with Crippen molar-refractivity contribution < 1.29 is 4.79 Å². The van der Waals surface area contributed by atoms with Crippen LogP contribution in [-0.2, 0) is 0 Å². The fraction of sp³-hybridized carbons (Fsp3) is 0.462. The summed E-state index contributed by atoms with van der Waals surface area (Å²) in [6.07, 6.45) is 1.41. The van der Waals surface area contributed by atoms with Gasteiger partial charge in [-0.25, -0.2) is 4.98 Å². The van der Waals surface area contributed by atoms with E-state index in [1.807, 2.05) is 6.07 Å². The Morgan fingerprint density at radius 2 is 2.26 bits per heavy atom. The molecule has 1 saturated heterocycles. The second-order valence-electron chi connectivity index (χ2n) is 4.39. The highest BCUT2D eigenvalue weighted by molar-refractivity contribution is 5.92. The fourth-order valence-electron chi connectivity index (χ4n) is 1.95. The van der Waals surface area contributed by atoms with Gasteiger partial charge in [-0.2, -0.15) is 5.26 Å². The highest BCUT2D eigenvalue weighted by Crippen LogP contribution is 1.98. The lowest BCUT2D eigenvalue weighted by Crippen LogP contribution is -2.46. The van der Waals surface area contributed by atoms with E-state index in [9.17, 15) is 4.79 Å². The quantitative estimate of drug-likeness (QED) is 0.768. The van der Waals surface area contributed by atoms with E-state index >= 15 is 0 Å². The number of rotatable bonds is 4. The Morgan fingerprint density at radius 1 is 1.47 bits per heavy atom. The number of carbonyl (C=O) groups is 1. The van der Waals surface area contributed by atoms with Gasteiger partial charge in [0.1, 0.15) is 11.8 Å². The van der Waals surface area contributed by atoms with Crippen molar-refractivity contribution in [3.05, 3.63) is 29.6 Å². The number of nitrogens with zero attached hydrogens (tertiary/aromatic N) is 3. The summed E-state index contributed by atoms with van der Waals surface area (Å²) >= 11 is 0. The van der Waals surface area contributed by atoms with Crippen LogP contribution in [0.2, 0.25) is 0 Å². The number of nitriles is 1. The first-order valence-corrected chi connectivity index (χ1v) is 6.37. The van der Waals surface area contributed by atoms with Crippen LogP contribution in [0.3, 0.4) is 0 Å². The summed E-state index contributed by atoms with van der Waals surface area (Å²) in [5, 5.41) is 14.8. The first-order valence-electron chi connectivity index (χ1n) is 6.37. The minimum Gasteiger partial charge on any atom is -0.349 e. The maximum absolute atomic E-state index is 11.8. The van der Waals surface area contributed by atoms with Gasteiger partial charge < -0.3 is 10.6 Å². The van der Waals surface area contributed by atoms with Gasteiger partial charge in [-0.3, -0.25) is 9.69 Å². The van der Waals surface area contributed by atoms with Gasteiger partial charge in [-0.05, 0) is 12.1 Å². The predicted octanol–water partition coefficient (Wildman–Crippen LogP) is -0.412. The van der Waals surface area contributed by atoms with Crippen molar-refractivity contribution in [2.45, 2.75) is 0 Å². The molecule has 0 spiro atoms. The van der Waals surface area contributed by atoms with Gasteiger partial charge in [0, 0.05) is 45.5 Å². The Labute approximate surface area is 112 Å². The lowest BCUT2D eigenvalue weighted by atomic mass is 10.2. The minimum absolute atomic E-state index is 0.195. The third-order valence-corrected chi connectivity index (χ3v) is 3.05. The van der Waals surface area contributed by atoms with E-state index in [1.54, 1.807) is 12.1 Å². The minimum atomic E-state index is -0.195. The Hall–Kier alpha value is -1.97. The van der Waals surface area contributed by atoms with E-state index < -0.39 is 0 Å². The fourth-order valence-corrected chi connectivity index (χ4v) is 1.95. The summed E-state index contributed by atoms with van der Waals surface area (Å²) in [6, 6.07) is 5.14. The number of hydrogen-bond acceptors (Lipinski definition) is 5. The molecule has 1 aliphatic rings. The van der Waals surface area contributed by atoms with Gasteiger partial charge in [0.05, 0.1) is 5.56 Å². The molecule has 0 bridgehead atoms. The van der Waals surface area contributed by atoms with Crippen molar-refractivity contribution >= 4 is 5.91 Å². The van der Waals surface area contributed by atoms with Gasteiger partial charge in [0.25, 0.3) is 5.91 Å². The molecule has 2 heterocycles. The monoisotopic (exact) mass is 259 g/mol. The Kier molecular flexibility index (Phi) is 4.84. The number of hydrogen-bond donors (Lipinski definition) is 2. The molecule has 1 aliphatic heterocycles. The van der Waals surface area contributed by atoms with Gasteiger partial charge in [0.2, 0.25) is 0 Å². The van der Waals surface area contributed by atoms with Crippen molar-refractivity contribution in [1.82, 2.24) is 20.5 Å². The van der Waals surface area contributed by atoms with E-state index in [-0.39, 0.29) is 5.91 Å². The van der Waals surface area contributed by atoms with Gasteiger partial charge in [-0.15, -0.1) is 0 Å². The van der Waals surface area contributed by atoms with Gasteiger partial charge in [-0.1, -0.05) is 0 Å². The van der Waals surface area contributed by atoms with Crippen molar-refractivity contribution in [2.24, 2.45) is 0 Å². The van der Waals surface area contributed by atoms with E-state index in [1.165, 1.54) is 6.20 Å². The van der Waals surface area contributed by atoms with Crippen LogP contribution >= 0.6 is 0 Å². The maximum atomic E-state index is 11.8. The zero-order valence-corrected chi connectivity index (χ0v) is 10.7. The molecule has 1 amide bonds. The Balaban J connectivity index is 1.75. The number of nitrogens with one attached hydrogen (secondary N) is 2. The van der Waals surface area contributed by atoms with Crippen molar-refractivity contribution in [3.8, 4) is 6.07 Å². The Morgan fingerprint density at radius 3 is 2.89 bits per heavy atom. The van der Waals surface area contributed by atoms with Crippen molar-refractivity contribution in [2.75, 3.05) is 39.3 Å². The summed E-state index contributed by atoms with van der Waals surface area (Å²) in [6.45, 7) is 5.51. The van der Waals surface area contributed by atoms with Crippen LogP contribution in [0.15, 0.2) is 18.3 Å². The molecule has 0 aliphatic carbocycles. The third kappa shape index (κ3) is 4.02. The largest absolute Gasteiger partial charge is 0.349 e. The second-order valence-corrected chi connectivity index (χ2v) is 4.39. The number of aromatic nitrogens is 1. The molecule has 6 heteroatoms. The molecule has 0 saturated carbocycles. The van der Waals surface area contributed by atoms with Crippen LogP contribution in [0, 0.1) is 11.3 Å². The summed E-state index contributed by atoms with van der Waals surface area (Å²) in [5.41, 5.74) is 0.802. The molecule has 100 valence electrons. The van der Waals surface area contributed by atoms with E-state index in [0.29, 0.717) is 17.8 Å². The number of carbonyl (C=O) groups excluding carboxylic acids is 1. The topological polar surface area (TPSA) is 81.0 Å². The number of amides is 1. The zero-order chi connectivity index (χ0) is 13.5. The molecule has 19 heavy (non-hydrogen) atoms. The van der Waals surface area contributed by atoms with E-state index in [0.717, 1.165) is 32.7 Å². The van der Waals surface area contributed by atoms with Gasteiger partial charge in [0.15, 0.2) is 0 Å². The molecular weight excluding hydrogens is 242 g/mol. The summed E-state index contributed by atoms with van der Waals surface area (Å²) in [4.78, 5) is 18.1. The molecule has 0 atom stereocenters. The lowest BCUT2D eigenvalue weighted by molar-refractivity contribution is 0.0942. The lowest BCUT2D eigenvalue weighted by Gasteiger charge is -2.27. The average Bonchev–Trinajstić information content (AvgIpc) is 2.48. The molecule has 1 fully saturated rings. The predicted molar refractivity (Wildman–Crippen MR) is 70.6 cm³/mol. The third-order valence-electron chi connectivity index (χ3n) is 3.05. The van der Waals surface area contributed by atoms with Crippen molar-refractivity contribution in [1.29, 1.82) is 5.26 Å². The molecular formula is C13H17N5O. The molecule has 1 aromatic rings. The molecule has 0 unspecified atom stereocenters. The van der Waals surface area contributed by atoms with E-state index in [2.05, 4.69) is 20.5 Å². The van der Waals surface area contributed by atoms with E-state index in [4.69, 9.17) is 5.26 Å². The van der Waals surface area contributed by atoms with Crippen molar-refractivity contribution in [3.63, 3.8) is 0 Å². The van der Waals surface area contributed by atoms with Crippen LogP contribution in [-0.4, -0.2) is 55.1 Å². The van der Waals surface area contributed by atoms with Crippen LogP contribution in [0.1, 0.15) is 16.1 Å². The number of pyridine rings is 1. The first kappa shape index (κ1) is 13.5. The molecule has 1 aromatic heterocycles. The summed E-state index contributed by atoms with van der Waals surface area (Å²) < 4.78 is 0. The highest BCUT2D eigenvalue weighted by atomic mass is 16.1. The maximum Gasteiger partial charge on any atom is 0.269 e. The summed E-state index contributed by atoms with van der Waals surface area (Å²) in [5.74, 6) is -0.195. The number of piperazine rings is 1. The first-order chi connectivity index (χ1) is 9.29. The highest BCUT2D eigenvalue weighted by Gasteiger charge is 2.10.